The number of hydrogen-bond donors (Lipinski definition) is 1. The van der Waals surface area contributed by atoms with Crippen molar-refractivity contribution in [3.8, 4) is 0 Å². The number of likely N-dealkylation sites (N-methyl/N-ethyl adjacent to an activating group) is 1. The molecule has 0 spiro atoms. The molecule has 0 aliphatic rings. The van der Waals surface area contributed by atoms with Crippen LogP contribution in [-0.4, -0.2) is 29.5 Å². The van der Waals surface area contributed by atoms with Crippen LogP contribution in [0.3, 0.4) is 0 Å². The smallest absolute Gasteiger partial charge is 0.249 e. The van der Waals surface area contributed by atoms with E-state index >= 15 is 0 Å². The molecule has 0 saturated heterocycles. The third-order valence-electron chi connectivity index (χ3n) is 6.74. The van der Waals surface area contributed by atoms with E-state index in [0.29, 0.717) is 6.42 Å². The molecule has 1 atom stereocenters. The third kappa shape index (κ3) is 4.86. The van der Waals surface area contributed by atoms with Gasteiger partial charge >= 0.3 is 0 Å². The fourth-order valence-electron chi connectivity index (χ4n) is 4.73. The molecular weight excluding hydrogens is 446 g/mol. The number of nitrogens with zero attached hydrogens (tertiary/aromatic N) is 2. The number of amides is 2. The monoisotopic (exact) mass is 475 g/mol. The number of anilines is 1. The van der Waals surface area contributed by atoms with Gasteiger partial charge in [-0.05, 0) is 46.2 Å². The Labute approximate surface area is 211 Å². The van der Waals surface area contributed by atoms with Gasteiger partial charge in [0.1, 0.15) is 6.04 Å². The van der Waals surface area contributed by atoms with Crippen LogP contribution < -0.4 is 10.2 Å². The number of fused-ring (bicyclic) bond motifs is 2. The second-order valence-corrected chi connectivity index (χ2v) is 9.19. The van der Waals surface area contributed by atoms with Gasteiger partial charge < -0.3 is 14.8 Å². The van der Waals surface area contributed by atoms with Crippen LogP contribution in [0.2, 0.25) is 0 Å². The second kappa shape index (κ2) is 10.1. The van der Waals surface area contributed by atoms with Crippen molar-refractivity contribution in [2.24, 2.45) is 7.05 Å². The zero-order valence-corrected chi connectivity index (χ0v) is 20.5. The summed E-state index contributed by atoms with van der Waals surface area (Å²) in [5.74, 6) is -0.326. The van der Waals surface area contributed by atoms with E-state index in [1.54, 1.807) is 11.9 Å². The van der Waals surface area contributed by atoms with Gasteiger partial charge in [-0.2, -0.15) is 0 Å². The summed E-state index contributed by atoms with van der Waals surface area (Å²) in [6, 6.07) is 31.1. The van der Waals surface area contributed by atoms with E-state index in [4.69, 9.17) is 0 Å². The summed E-state index contributed by atoms with van der Waals surface area (Å²) in [5, 5.41) is 6.27. The maximum Gasteiger partial charge on any atom is 0.249 e. The lowest BCUT2D eigenvalue weighted by Gasteiger charge is -2.25. The quantitative estimate of drug-likeness (QED) is 0.349. The molecule has 180 valence electrons. The molecule has 5 aromatic rings. The lowest BCUT2D eigenvalue weighted by atomic mass is 10.0. The summed E-state index contributed by atoms with van der Waals surface area (Å²) in [5.41, 5.74) is 3.81. The van der Waals surface area contributed by atoms with Gasteiger partial charge in [-0.25, -0.2) is 0 Å². The highest BCUT2D eigenvalue weighted by Gasteiger charge is 2.26. The van der Waals surface area contributed by atoms with Gasteiger partial charge in [-0.3, -0.25) is 9.59 Å². The summed E-state index contributed by atoms with van der Waals surface area (Å²) in [4.78, 5) is 28.5. The first-order valence-corrected chi connectivity index (χ1v) is 12.1. The predicted molar refractivity (Wildman–Crippen MR) is 146 cm³/mol. The van der Waals surface area contributed by atoms with E-state index in [1.807, 2.05) is 115 Å². The molecule has 4 aromatic carbocycles. The number of rotatable bonds is 7. The fraction of sp³-hybridized carbons (Fsp3) is 0.161. The minimum absolute atomic E-state index is 0.152. The first-order chi connectivity index (χ1) is 17.5. The Morgan fingerprint density at radius 3 is 2.42 bits per heavy atom. The lowest BCUT2D eigenvalue weighted by Crippen LogP contribution is -2.49. The van der Waals surface area contributed by atoms with Crippen molar-refractivity contribution in [1.29, 1.82) is 0 Å². The Bertz CT molecular complexity index is 1540. The largest absolute Gasteiger partial charge is 0.351 e. The normalized spacial score (nSPS) is 11.9. The molecule has 0 radical (unpaired) electrons. The van der Waals surface area contributed by atoms with Crippen LogP contribution in [0.25, 0.3) is 21.7 Å². The Morgan fingerprint density at radius 2 is 1.61 bits per heavy atom. The van der Waals surface area contributed by atoms with Crippen molar-refractivity contribution in [2.45, 2.75) is 18.9 Å². The van der Waals surface area contributed by atoms with Crippen molar-refractivity contribution in [1.82, 2.24) is 9.88 Å². The number of carbonyl (C=O) groups excluding carboxylic acids is 2. The molecule has 0 bridgehead atoms. The van der Waals surface area contributed by atoms with E-state index in [9.17, 15) is 9.59 Å². The van der Waals surface area contributed by atoms with Crippen LogP contribution in [-0.2, 0) is 29.5 Å². The Kier molecular flexibility index (Phi) is 6.54. The van der Waals surface area contributed by atoms with Gasteiger partial charge in [0.15, 0.2) is 0 Å². The molecular formula is C31H29N3O2. The summed E-state index contributed by atoms with van der Waals surface area (Å²) < 4.78 is 2.04. The van der Waals surface area contributed by atoms with Crippen LogP contribution in [0, 0.1) is 0 Å². The number of aromatic nitrogens is 1. The molecule has 36 heavy (non-hydrogen) atoms. The van der Waals surface area contributed by atoms with Crippen LogP contribution >= 0.6 is 0 Å². The van der Waals surface area contributed by atoms with E-state index in [-0.39, 0.29) is 18.2 Å². The first-order valence-electron chi connectivity index (χ1n) is 12.1. The van der Waals surface area contributed by atoms with Gasteiger partial charge in [-0.1, -0.05) is 72.8 Å². The van der Waals surface area contributed by atoms with Crippen molar-refractivity contribution in [2.75, 3.05) is 11.9 Å². The predicted octanol–water partition coefficient (Wildman–Crippen LogP) is 5.26. The highest BCUT2D eigenvalue weighted by molar-refractivity contribution is 6.01. The minimum atomic E-state index is -0.689. The molecule has 5 rings (SSSR count). The molecule has 1 heterocycles. The Morgan fingerprint density at radius 1 is 0.861 bits per heavy atom. The molecule has 0 aliphatic carbocycles. The average molecular weight is 476 g/mol. The van der Waals surface area contributed by atoms with Crippen LogP contribution in [0.1, 0.15) is 11.1 Å². The van der Waals surface area contributed by atoms with Crippen molar-refractivity contribution >= 4 is 39.2 Å². The number of nitrogens with one attached hydrogen (secondary N) is 1. The van der Waals surface area contributed by atoms with Crippen LogP contribution in [0.15, 0.2) is 103 Å². The summed E-state index contributed by atoms with van der Waals surface area (Å²) in [6.45, 7) is 0. The summed E-state index contributed by atoms with van der Waals surface area (Å²) >= 11 is 0. The molecule has 5 nitrogen and oxygen atoms in total. The summed E-state index contributed by atoms with van der Waals surface area (Å²) in [7, 11) is 3.75. The van der Waals surface area contributed by atoms with Crippen molar-refractivity contribution in [3.63, 3.8) is 0 Å². The second-order valence-electron chi connectivity index (χ2n) is 9.19. The van der Waals surface area contributed by atoms with Gasteiger partial charge in [-0.15, -0.1) is 0 Å². The first kappa shape index (κ1) is 23.4. The molecule has 2 amide bonds. The molecule has 1 N–H and O–H groups in total. The highest BCUT2D eigenvalue weighted by atomic mass is 16.2. The van der Waals surface area contributed by atoms with E-state index in [0.717, 1.165) is 38.5 Å². The average Bonchev–Trinajstić information content (AvgIpc) is 3.29. The fourth-order valence-corrected chi connectivity index (χ4v) is 4.73. The van der Waals surface area contributed by atoms with Gasteiger partial charge in [0.05, 0.1) is 6.42 Å². The molecule has 0 aliphatic heterocycles. The van der Waals surface area contributed by atoms with Crippen molar-refractivity contribution < 1.29 is 9.59 Å². The van der Waals surface area contributed by atoms with Gasteiger partial charge in [0.2, 0.25) is 11.8 Å². The molecule has 0 fully saturated rings. The maximum absolute atomic E-state index is 13.7. The zero-order chi connectivity index (χ0) is 25.1. The van der Waals surface area contributed by atoms with E-state index in [1.165, 1.54) is 0 Å². The third-order valence-corrected chi connectivity index (χ3v) is 6.74. The highest BCUT2D eigenvalue weighted by Crippen LogP contribution is 2.23. The number of hydrogen-bond acceptors (Lipinski definition) is 2. The maximum atomic E-state index is 13.7. The summed E-state index contributed by atoms with van der Waals surface area (Å²) in [6.07, 6.45) is 2.62. The van der Waals surface area contributed by atoms with Crippen molar-refractivity contribution in [3.05, 3.63) is 114 Å². The molecule has 5 heteroatoms. The van der Waals surface area contributed by atoms with E-state index in [2.05, 4.69) is 5.32 Å². The number of carbonyl (C=O) groups is 2. The number of aryl methyl sites for hydroxylation is 1. The Hall–Kier alpha value is -4.38. The molecule has 0 unspecified atom stereocenters. The van der Waals surface area contributed by atoms with Gasteiger partial charge in [0.25, 0.3) is 0 Å². The van der Waals surface area contributed by atoms with Crippen LogP contribution in [0.4, 0.5) is 5.69 Å². The SMILES string of the molecule is CN(C(=O)[C@H](Cc1ccccc1)NC(=O)Cc1cccc2c1ccn2C)c1ccc2ccccc2c1. The minimum Gasteiger partial charge on any atom is -0.351 e. The van der Waals surface area contributed by atoms with E-state index < -0.39 is 6.04 Å². The molecule has 0 saturated carbocycles. The number of benzene rings is 4. The van der Waals surface area contributed by atoms with Crippen LogP contribution in [0.5, 0.6) is 0 Å². The lowest BCUT2D eigenvalue weighted by molar-refractivity contribution is -0.127. The zero-order valence-electron chi connectivity index (χ0n) is 20.5. The Balaban J connectivity index is 1.39. The topological polar surface area (TPSA) is 54.3 Å². The van der Waals surface area contributed by atoms with Gasteiger partial charge in [0, 0.05) is 43.3 Å². The standard InChI is InChI=1S/C31H29N3O2/c1-33-18-17-27-25(13-8-14-29(27)33)21-30(35)32-28(19-22-9-4-3-5-10-22)31(36)34(2)26-16-15-23-11-6-7-12-24(23)20-26/h3-18,20,28H,19,21H2,1-2H3,(H,32,35)/t28-/m0/s1. The molecule has 1 aromatic heterocycles.